The zero-order valence-corrected chi connectivity index (χ0v) is 19.7. The molecule has 0 spiro atoms. The van der Waals surface area contributed by atoms with Crippen LogP contribution in [0.15, 0.2) is 95.1 Å². The van der Waals surface area contributed by atoms with Gasteiger partial charge in [-0.05, 0) is 0 Å². The maximum atomic E-state index is 5.24. The van der Waals surface area contributed by atoms with Crippen LogP contribution in [0.1, 0.15) is 0 Å². The van der Waals surface area contributed by atoms with Crippen molar-refractivity contribution in [3.8, 4) is 0 Å². The second-order valence-electron chi connectivity index (χ2n) is 5.05. The molecular formula is C19H21Cl3N3Ta. The first kappa shape index (κ1) is 24.7. The SMILES string of the molecule is C=C[CH2][Ta](=[N]c1ccccc1)([c]1ccccn1)[c]1ccccn1.Cl.Cl.Cl. The van der Waals surface area contributed by atoms with Crippen molar-refractivity contribution in [1.82, 2.24) is 9.97 Å². The average molecular weight is 579 g/mol. The second kappa shape index (κ2) is 12.1. The van der Waals surface area contributed by atoms with Gasteiger partial charge < -0.3 is 0 Å². The molecular weight excluding hydrogens is 558 g/mol. The van der Waals surface area contributed by atoms with Crippen LogP contribution in [0.3, 0.4) is 0 Å². The van der Waals surface area contributed by atoms with E-state index >= 15 is 0 Å². The van der Waals surface area contributed by atoms with E-state index in [4.69, 9.17) is 3.34 Å². The van der Waals surface area contributed by atoms with E-state index in [-0.39, 0.29) is 37.2 Å². The third kappa shape index (κ3) is 5.58. The predicted molar refractivity (Wildman–Crippen MR) is 113 cm³/mol. The Morgan fingerprint density at radius 3 is 1.69 bits per heavy atom. The number of allylic oxidation sites excluding steroid dienone is 1. The van der Waals surface area contributed by atoms with Crippen LogP contribution in [0.5, 0.6) is 0 Å². The average Bonchev–Trinajstić information content (AvgIpc) is 2.64. The molecule has 3 aromatic rings. The molecule has 0 saturated heterocycles. The van der Waals surface area contributed by atoms with Gasteiger partial charge >= 0.3 is 140 Å². The quantitative estimate of drug-likeness (QED) is 0.402. The predicted octanol–water partition coefficient (Wildman–Crippen LogP) is 4.97. The van der Waals surface area contributed by atoms with Crippen molar-refractivity contribution in [3.05, 3.63) is 91.8 Å². The Bertz CT molecular complexity index is 785. The van der Waals surface area contributed by atoms with Crippen LogP contribution in [-0.2, 0) is 17.0 Å². The van der Waals surface area contributed by atoms with E-state index in [1.165, 1.54) is 0 Å². The molecule has 0 aliphatic rings. The number of pyridine rings is 2. The van der Waals surface area contributed by atoms with Crippen molar-refractivity contribution in [3.63, 3.8) is 0 Å². The molecule has 2 aromatic heterocycles. The zero-order valence-electron chi connectivity index (χ0n) is 14.0. The maximum Gasteiger partial charge on any atom is -0.147 e. The number of nitrogens with zero attached hydrogens (tertiary/aromatic N) is 3. The molecule has 7 heteroatoms. The summed E-state index contributed by atoms with van der Waals surface area (Å²) < 4.78 is 8.23. The van der Waals surface area contributed by atoms with Gasteiger partial charge in [-0.2, -0.15) is 0 Å². The smallest absolute Gasteiger partial charge is 0.147 e. The third-order valence-corrected chi connectivity index (χ3v) is 15.7. The molecule has 0 radical (unpaired) electrons. The summed E-state index contributed by atoms with van der Waals surface area (Å²) in [6.45, 7) is 3.98. The fourth-order valence-electron chi connectivity index (χ4n) is 2.47. The van der Waals surface area contributed by atoms with Gasteiger partial charge in [0, 0.05) is 0 Å². The zero-order chi connectivity index (χ0) is 16.0. The van der Waals surface area contributed by atoms with Crippen LogP contribution in [0.4, 0.5) is 5.69 Å². The molecule has 0 bridgehead atoms. The van der Waals surface area contributed by atoms with Gasteiger partial charge in [-0.1, -0.05) is 0 Å². The van der Waals surface area contributed by atoms with Gasteiger partial charge in [0.1, 0.15) is 0 Å². The summed E-state index contributed by atoms with van der Waals surface area (Å²) in [5, 5.41) is 0. The monoisotopic (exact) mass is 577 g/mol. The van der Waals surface area contributed by atoms with Crippen LogP contribution in [-0.4, -0.2) is 9.97 Å². The van der Waals surface area contributed by atoms with Crippen LogP contribution in [0, 0.1) is 0 Å². The minimum absolute atomic E-state index is 0. The molecule has 26 heavy (non-hydrogen) atoms. The van der Waals surface area contributed by atoms with Crippen LogP contribution < -0.4 is 7.82 Å². The van der Waals surface area contributed by atoms with Crippen molar-refractivity contribution in [2.75, 3.05) is 0 Å². The second-order valence-corrected chi connectivity index (χ2v) is 15.9. The van der Waals surface area contributed by atoms with E-state index in [9.17, 15) is 0 Å². The minimum atomic E-state index is -3.51. The van der Waals surface area contributed by atoms with Crippen molar-refractivity contribution in [2.45, 2.75) is 4.64 Å². The Hall–Kier alpha value is -1.33. The summed E-state index contributed by atoms with van der Waals surface area (Å²) >= 11 is -3.51. The molecule has 0 saturated carbocycles. The number of aromatic nitrogens is 2. The topological polar surface area (TPSA) is 38.1 Å². The Morgan fingerprint density at radius 1 is 0.769 bits per heavy atom. The minimum Gasteiger partial charge on any atom is -0.147 e. The molecule has 3 nitrogen and oxygen atoms in total. The largest absolute Gasteiger partial charge is 0.147 e. The van der Waals surface area contributed by atoms with Crippen molar-refractivity contribution in [2.24, 2.45) is 3.34 Å². The number of hydrogen-bond donors (Lipinski definition) is 0. The van der Waals surface area contributed by atoms with E-state index in [1.54, 1.807) is 0 Å². The molecule has 1 aromatic carbocycles. The Kier molecular flexibility index (Phi) is 11.5. The Morgan fingerprint density at radius 2 is 1.27 bits per heavy atom. The van der Waals surface area contributed by atoms with Crippen molar-refractivity contribution < 1.29 is 17.0 Å². The van der Waals surface area contributed by atoms with E-state index in [1.807, 2.05) is 73.1 Å². The Labute approximate surface area is 176 Å². The molecule has 0 aliphatic heterocycles. The first-order chi connectivity index (χ1) is 11.3. The number of benzene rings is 1. The first-order valence-corrected chi connectivity index (χ1v) is 14.4. The Balaban J connectivity index is 0.00000208. The van der Waals surface area contributed by atoms with Crippen LogP contribution in [0.2, 0.25) is 4.64 Å². The summed E-state index contributed by atoms with van der Waals surface area (Å²) in [7, 11) is 0. The molecule has 0 unspecified atom stereocenters. The van der Waals surface area contributed by atoms with Crippen molar-refractivity contribution in [1.29, 1.82) is 0 Å². The van der Waals surface area contributed by atoms with E-state index < -0.39 is 17.0 Å². The first-order valence-electron chi connectivity index (χ1n) is 7.46. The summed E-state index contributed by atoms with van der Waals surface area (Å²) in [4.78, 5) is 9.31. The van der Waals surface area contributed by atoms with E-state index in [2.05, 4.69) is 28.7 Å². The summed E-state index contributed by atoms with van der Waals surface area (Å²) in [6.07, 6.45) is 5.65. The number of halogens is 3. The van der Waals surface area contributed by atoms with Gasteiger partial charge in [0.2, 0.25) is 0 Å². The standard InChI is InChI=1S/C6H5N.2C5H4N.C3H5.3ClH.Ta/c7-6-4-2-1-3-5-6;2*1-2-4-6-5-3-1;1-3-2;;;;/h1-5H;2*1-4H;3H,1-2H2;3*1H;. The molecule has 0 amide bonds. The summed E-state index contributed by atoms with van der Waals surface area (Å²) in [6, 6.07) is 22.2. The van der Waals surface area contributed by atoms with Crippen molar-refractivity contribution >= 4 is 50.7 Å². The fourth-order valence-corrected chi connectivity index (χ4v) is 13.2. The third-order valence-electron chi connectivity index (χ3n) is 3.49. The maximum absolute atomic E-state index is 5.24. The molecule has 138 valence electrons. The van der Waals surface area contributed by atoms with Crippen LogP contribution in [0.25, 0.3) is 0 Å². The van der Waals surface area contributed by atoms with Gasteiger partial charge in [-0.3, -0.25) is 0 Å². The van der Waals surface area contributed by atoms with Gasteiger partial charge in [0.15, 0.2) is 0 Å². The summed E-state index contributed by atoms with van der Waals surface area (Å²) in [5.41, 5.74) is 0.990. The normalized spacial score (nSPS) is 9.69. The van der Waals surface area contributed by atoms with Crippen LogP contribution >= 0.6 is 37.2 Å². The molecule has 0 aliphatic carbocycles. The van der Waals surface area contributed by atoms with Gasteiger partial charge in [0.25, 0.3) is 0 Å². The molecule has 3 rings (SSSR count). The molecule has 0 fully saturated rings. The van der Waals surface area contributed by atoms with Gasteiger partial charge in [-0.25, -0.2) is 0 Å². The molecule has 0 N–H and O–H groups in total. The number of rotatable bonds is 5. The summed E-state index contributed by atoms with van der Waals surface area (Å²) in [5.74, 6) is 0. The van der Waals surface area contributed by atoms with E-state index in [0.717, 1.165) is 18.1 Å². The molecule has 0 atom stereocenters. The fraction of sp³-hybridized carbons (Fsp3) is 0.0526. The van der Waals surface area contributed by atoms with Gasteiger partial charge in [0.05, 0.1) is 0 Å². The van der Waals surface area contributed by atoms with Gasteiger partial charge in [-0.15, -0.1) is 37.2 Å². The number of hydrogen-bond acceptors (Lipinski definition) is 3. The van der Waals surface area contributed by atoms with E-state index in [0.29, 0.717) is 0 Å². The molecule has 2 heterocycles.